The quantitative estimate of drug-likeness (QED) is 0.321. The summed E-state index contributed by atoms with van der Waals surface area (Å²) in [7, 11) is 0. The average Bonchev–Trinajstić information content (AvgIpc) is 2.50. The molecule has 120 valence electrons. The first kappa shape index (κ1) is 18.0. The number of carboxylic acids is 1. The zero-order valence-electron chi connectivity index (χ0n) is 13.2. The Balaban J connectivity index is 2.86. The second kappa shape index (κ2) is 9.77. The summed E-state index contributed by atoms with van der Waals surface area (Å²) in [6.45, 7) is 4.07. The van der Waals surface area contributed by atoms with Crippen molar-refractivity contribution in [3.8, 4) is 5.75 Å². The molecular formula is C18H24O4. The molecule has 0 saturated carbocycles. The number of ether oxygens (including phenoxy) is 1. The minimum Gasteiger partial charge on any atom is -0.478 e. The molecule has 0 aliphatic carbocycles. The zero-order chi connectivity index (χ0) is 16.4. The standard InChI is InChI=1S/C18H24O4/c1-3-5-7-10-14(4-2)16(13-17(19)20)18(21)22-15-11-8-6-9-12-15/h6,8-9,11-14H,3-5,7,10H2,1-2H3,(H,19,20)/b16-13-. The van der Waals surface area contributed by atoms with Gasteiger partial charge in [0.1, 0.15) is 5.75 Å². The lowest BCUT2D eigenvalue weighted by molar-refractivity contribution is -0.134. The number of rotatable bonds is 9. The van der Waals surface area contributed by atoms with E-state index in [-0.39, 0.29) is 11.5 Å². The fourth-order valence-electron chi connectivity index (χ4n) is 2.35. The number of carboxylic acid groups (broad SMARTS) is 1. The van der Waals surface area contributed by atoms with E-state index in [2.05, 4.69) is 6.92 Å². The molecule has 1 rings (SSSR count). The molecule has 0 aliphatic rings. The van der Waals surface area contributed by atoms with Crippen molar-refractivity contribution in [1.29, 1.82) is 0 Å². The maximum Gasteiger partial charge on any atom is 0.339 e. The van der Waals surface area contributed by atoms with Crippen molar-refractivity contribution in [1.82, 2.24) is 0 Å². The second-order valence-electron chi connectivity index (χ2n) is 5.24. The summed E-state index contributed by atoms with van der Waals surface area (Å²) >= 11 is 0. The smallest absolute Gasteiger partial charge is 0.339 e. The van der Waals surface area contributed by atoms with Crippen molar-refractivity contribution in [2.45, 2.75) is 46.0 Å². The van der Waals surface area contributed by atoms with Crippen LogP contribution in [0.2, 0.25) is 0 Å². The number of para-hydroxylation sites is 1. The van der Waals surface area contributed by atoms with Gasteiger partial charge in [0, 0.05) is 11.6 Å². The van der Waals surface area contributed by atoms with Crippen LogP contribution in [0.1, 0.15) is 46.0 Å². The van der Waals surface area contributed by atoms with E-state index in [0.29, 0.717) is 12.2 Å². The predicted octanol–water partition coefficient (Wildman–Crippen LogP) is 4.21. The monoisotopic (exact) mass is 304 g/mol. The molecule has 4 heteroatoms. The number of benzene rings is 1. The van der Waals surface area contributed by atoms with Crippen LogP contribution in [0.3, 0.4) is 0 Å². The van der Waals surface area contributed by atoms with Gasteiger partial charge in [0.2, 0.25) is 0 Å². The summed E-state index contributed by atoms with van der Waals surface area (Å²) in [5.41, 5.74) is 0.245. The summed E-state index contributed by atoms with van der Waals surface area (Å²) in [6.07, 6.45) is 5.64. The van der Waals surface area contributed by atoms with E-state index >= 15 is 0 Å². The van der Waals surface area contributed by atoms with Crippen LogP contribution >= 0.6 is 0 Å². The molecule has 4 nitrogen and oxygen atoms in total. The fourth-order valence-corrected chi connectivity index (χ4v) is 2.35. The Morgan fingerprint density at radius 1 is 1.18 bits per heavy atom. The Labute approximate surface area is 131 Å². The summed E-state index contributed by atoms with van der Waals surface area (Å²) in [6, 6.07) is 8.71. The number of hydrogen-bond donors (Lipinski definition) is 1. The van der Waals surface area contributed by atoms with Crippen LogP contribution in [0.5, 0.6) is 5.75 Å². The summed E-state index contributed by atoms with van der Waals surface area (Å²) in [4.78, 5) is 23.4. The second-order valence-corrected chi connectivity index (χ2v) is 5.24. The Morgan fingerprint density at radius 3 is 2.41 bits per heavy atom. The lowest BCUT2D eigenvalue weighted by Gasteiger charge is -2.17. The van der Waals surface area contributed by atoms with Gasteiger partial charge >= 0.3 is 11.9 Å². The number of unbranched alkanes of at least 4 members (excludes halogenated alkanes) is 2. The predicted molar refractivity (Wildman–Crippen MR) is 85.7 cm³/mol. The Morgan fingerprint density at radius 2 is 1.86 bits per heavy atom. The molecule has 1 atom stereocenters. The first-order chi connectivity index (χ1) is 10.6. The molecule has 0 radical (unpaired) electrons. The van der Waals surface area contributed by atoms with Gasteiger partial charge in [-0.2, -0.15) is 0 Å². The molecule has 0 aliphatic heterocycles. The van der Waals surface area contributed by atoms with Crippen molar-refractivity contribution in [2.75, 3.05) is 0 Å². The Hall–Kier alpha value is -2.10. The largest absolute Gasteiger partial charge is 0.478 e. The number of aliphatic carboxylic acids is 1. The third-order valence-corrected chi connectivity index (χ3v) is 3.56. The molecule has 0 aromatic heterocycles. The van der Waals surface area contributed by atoms with Gasteiger partial charge in [0.05, 0.1) is 0 Å². The summed E-state index contributed by atoms with van der Waals surface area (Å²) in [5, 5.41) is 9.03. The molecule has 1 aromatic carbocycles. The van der Waals surface area contributed by atoms with Crippen LogP contribution in [0.25, 0.3) is 0 Å². The minimum absolute atomic E-state index is 0.0844. The van der Waals surface area contributed by atoms with Crippen LogP contribution < -0.4 is 4.74 Å². The molecule has 0 saturated heterocycles. The number of carbonyl (C=O) groups excluding carboxylic acids is 1. The molecule has 0 spiro atoms. The molecule has 1 N–H and O–H groups in total. The van der Waals surface area contributed by atoms with E-state index < -0.39 is 11.9 Å². The lowest BCUT2D eigenvalue weighted by atomic mass is 9.90. The molecule has 1 unspecified atom stereocenters. The fraction of sp³-hybridized carbons (Fsp3) is 0.444. The number of carbonyl (C=O) groups is 2. The van der Waals surface area contributed by atoms with Gasteiger partial charge in [-0.1, -0.05) is 51.3 Å². The van der Waals surface area contributed by atoms with Crippen LogP contribution in [-0.4, -0.2) is 17.0 Å². The summed E-state index contributed by atoms with van der Waals surface area (Å²) < 4.78 is 5.30. The number of hydrogen-bond acceptors (Lipinski definition) is 3. The average molecular weight is 304 g/mol. The maximum absolute atomic E-state index is 12.3. The topological polar surface area (TPSA) is 63.6 Å². The van der Waals surface area contributed by atoms with Crippen molar-refractivity contribution < 1.29 is 19.4 Å². The van der Waals surface area contributed by atoms with Gasteiger partial charge in [-0.05, 0) is 30.9 Å². The van der Waals surface area contributed by atoms with E-state index in [1.807, 2.05) is 13.0 Å². The first-order valence-electron chi connectivity index (χ1n) is 7.80. The van der Waals surface area contributed by atoms with Crippen molar-refractivity contribution in [3.63, 3.8) is 0 Å². The third kappa shape index (κ3) is 6.12. The van der Waals surface area contributed by atoms with Gasteiger partial charge in [-0.3, -0.25) is 0 Å². The van der Waals surface area contributed by atoms with Crippen LogP contribution in [0, 0.1) is 5.92 Å². The highest BCUT2D eigenvalue weighted by Crippen LogP contribution is 2.24. The van der Waals surface area contributed by atoms with Gasteiger partial charge < -0.3 is 9.84 Å². The number of esters is 1. The minimum atomic E-state index is -1.12. The van der Waals surface area contributed by atoms with Crippen molar-refractivity contribution in [3.05, 3.63) is 42.0 Å². The maximum atomic E-state index is 12.3. The summed E-state index contributed by atoms with van der Waals surface area (Å²) in [5.74, 6) is -1.35. The molecule has 0 amide bonds. The first-order valence-corrected chi connectivity index (χ1v) is 7.80. The van der Waals surface area contributed by atoms with Gasteiger partial charge in [-0.15, -0.1) is 0 Å². The molecule has 0 fully saturated rings. The highest BCUT2D eigenvalue weighted by atomic mass is 16.5. The lowest BCUT2D eigenvalue weighted by Crippen LogP contribution is -2.19. The molecule has 0 bridgehead atoms. The van der Waals surface area contributed by atoms with E-state index in [0.717, 1.165) is 31.8 Å². The van der Waals surface area contributed by atoms with E-state index in [9.17, 15) is 9.59 Å². The van der Waals surface area contributed by atoms with Crippen molar-refractivity contribution >= 4 is 11.9 Å². The van der Waals surface area contributed by atoms with Crippen LogP contribution in [-0.2, 0) is 9.59 Å². The van der Waals surface area contributed by atoms with E-state index in [1.54, 1.807) is 24.3 Å². The molecule has 1 aromatic rings. The SMILES string of the molecule is CCCCCC(CC)/C(=C/C(=O)O)C(=O)Oc1ccccc1. The highest BCUT2D eigenvalue weighted by Gasteiger charge is 2.22. The van der Waals surface area contributed by atoms with Crippen molar-refractivity contribution in [2.24, 2.45) is 5.92 Å². The third-order valence-electron chi connectivity index (χ3n) is 3.56. The molecule has 22 heavy (non-hydrogen) atoms. The normalized spacial score (nSPS) is 12.7. The Kier molecular flexibility index (Phi) is 7.97. The zero-order valence-corrected chi connectivity index (χ0v) is 13.2. The van der Waals surface area contributed by atoms with Gasteiger partial charge in [0.25, 0.3) is 0 Å². The van der Waals surface area contributed by atoms with Gasteiger partial charge in [0.15, 0.2) is 0 Å². The van der Waals surface area contributed by atoms with Crippen LogP contribution in [0.15, 0.2) is 42.0 Å². The van der Waals surface area contributed by atoms with Crippen LogP contribution in [0.4, 0.5) is 0 Å². The van der Waals surface area contributed by atoms with E-state index in [1.165, 1.54) is 0 Å². The van der Waals surface area contributed by atoms with E-state index in [4.69, 9.17) is 9.84 Å². The highest BCUT2D eigenvalue weighted by molar-refractivity contribution is 5.97. The molecular weight excluding hydrogens is 280 g/mol. The molecule has 0 heterocycles. The Bertz CT molecular complexity index is 505. The van der Waals surface area contributed by atoms with Gasteiger partial charge in [-0.25, -0.2) is 9.59 Å².